The number of ether oxygens (including phenoxy) is 2. The highest BCUT2D eigenvalue weighted by Gasteiger charge is 2.17. The molecule has 0 aliphatic heterocycles. The molecule has 2 aromatic carbocycles. The summed E-state index contributed by atoms with van der Waals surface area (Å²) in [6.07, 6.45) is 0. The van der Waals surface area contributed by atoms with Crippen molar-refractivity contribution in [1.29, 1.82) is 0 Å². The van der Waals surface area contributed by atoms with Crippen LogP contribution in [0, 0.1) is 6.92 Å². The molecule has 0 aromatic heterocycles. The van der Waals surface area contributed by atoms with Crippen molar-refractivity contribution in [2.24, 2.45) is 0 Å². The van der Waals surface area contributed by atoms with Crippen molar-refractivity contribution in [1.82, 2.24) is 0 Å². The van der Waals surface area contributed by atoms with Gasteiger partial charge in [0, 0.05) is 0 Å². The second-order valence-corrected chi connectivity index (χ2v) is 4.52. The topological polar surface area (TPSA) is 52.6 Å². The maximum atomic E-state index is 12.2. The molecule has 0 amide bonds. The van der Waals surface area contributed by atoms with E-state index in [0.29, 0.717) is 16.9 Å². The van der Waals surface area contributed by atoms with Crippen molar-refractivity contribution in [3.8, 4) is 5.75 Å². The van der Waals surface area contributed by atoms with Gasteiger partial charge in [0.05, 0.1) is 18.2 Å². The van der Waals surface area contributed by atoms with Crippen molar-refractivity contribution in [2.45, 2.75) is 6.92 Å². The van der Waals surface area contributed by atoms with Crippen LogP contribution >= 0.6 is 0 Å². The lowest BCUT2D eigenvalue weighted by Crippen LogP contribution is -2.16. The Kier molecular flexibility index (Phi) is 4.72. The Hall–Kier alpha value is -2.62. The largest absolute Gasteiger partial charge is 0.496 e. The third kappa shape index (κ3) is 3.48. The van der Waals surface area contributed by atoms with Crippen molar-refractivity contribution >= 4 is 11.8 Å². The highest BCUT2D eigenvalue weighted by Crippen LogP contribution is 2.22. The van der Waals surface area contributed by atoms with Crippen molar-refractivity contribution in [2.75, 3.05) is 13.7 Å². The van der Waals surface area contributed by atoms with Gasteiger partial charge >= 0.3 is 5.97 Å². The van der Waals surface area contributed by atoms with Gasteiger partial charge in [0.15, 0.2) is 6.61 Å². The van der Waals surface area contributed by atoms with Gasteiger partial charge in [-0.3, -0.25) is 4.79 Å². The monoisotopic (exact) mass is 284 g/mol. The zero-order valence-corrected chi connectivity index (χ0v) is 12.0. The molecule has 0 atom stereocenters. The molecule has 0 radical (unpaired) electrons. The third-order valence-electron chi connectivity index (χ3n) is 3.08. The first-order valence-corrected chi connectivity index (χ1v) is 6.52. The van der Waals surface area contributed by atoms with E-state index in [9.17, 15) is 9.59 Å². The van der Waals surface area contributed by atoms with Crippen LogP contribution in [-0.2, 0) is 4.74 Å². The fourth-order valence-electron chi connectivity index (χ4n) is 2.03. The van der Waals surface area contributed by atoms with Gasteiger partial charge in [-0.15, -0.1) is 0 Å². The van der Waals surface area contributed by atoms with Crippen LogP contribution in [0.15, 0.2) is 48.5 Å². The lowest BCUT2D eigenvalue weighted by molar-refractivity contribution is 0.0473. The van der Waals surface area contributed by atoms with Crippen LogP contribution < -0.4 is 4.74 Å². The number of methoxy groups -OCH3 is 1. The molecule has 0 bridgehead atoms. The zero-order valence-electron chi connectivity index (χ0n) is 12.0. The molecule has 0 N–H and O–H groups in total. The van der Waals surface area contributed by atoms with E-state index >= 15 is 0 Å². The van der Waals surface area contributed by atoms with Crippen molar-refractivity contribution in [3.05, 3.63) is 65.2 Å². The summed E-state index contributed by atoms with van der Waals surface area (Å²) in [5.74, 6) is -0.318. The van der Waals surface area contributed by atoms with E-state index in [0.717, 1.165) is 5.56 Å². The maximum Gasteiger partial charge on any atom is 0.338 e. The molecule has 2 aromatic rings. The first-order valence-electron chi connectivity index (χ1n) is 6.52. The van der Waals surface area contributed by atoms with Gasteiger partial charge in [0.25, 0.3) is 0 Å². The Morgan fingerprint density at radius 1 is 1.00 bits per heavy atom. The second kappa shape index (κ2) is 6.70. The summed E-state index contributed by atoms with van der Waals surface area (Å²) in [5.41, 5.74) is 1.65. The summed E-state index contributed by atoms with van der Waals surface area (Å²) in [6.45, 7) is 1.50. The van der Waals surface area contributed by atoms with Crippen LogP contribution in [-0.4, -0.2) is 25.5 Å². The van der Waals surface area contributed by atoms with E-state index < -0.39 is 5.97 Å². The Bertz CT molecular complexity index is 647. The van der Waals surface area contributed by atoms with Crippen molar-refractivity contribution in [3.63, 3.8) is 0 Å². The number of ketones is 1. The normalized spacial score (nSPS) is 10.0. The molecule has 0 heterocycles. The fraction of sp³-hybridized carbons (Fsp3) is 0.176. The number of aryl methyl sites for hydroxylation is 1. The van der Waals surface area contributed by atoms with Crippen LogP contribution in [0.5, 0.6) is 5.75 Å². The summed E-state index contributed by atoms with van der Waals surface area (Å²) in [5, 5.41) is 0. The van der Waals surface area contributed by atoms with Crippen LogP contribution in [0.25, 0.3) is 0 Å². The molecule has 4 nitrogen and oxygen atoms in total. The number of hydrogen-bond acceptors (Lipinski definition) is 4. The molecule has 0 spiro atoms. The Labute approximate surface area is 123 Å². The van der Waals surface area contributed by atoms with Gasteiger partial charge < -0.3 is 9.47 Å². The van der Waals surface area contributed by atoms with Crippen molar-refractivity contribution < 1.29 is 19.1 Å². The van der Waals surface area contributed by atoms with Crippen LogP contribution in [0.3, 0.4) is 0 Å². The molecule has 2 rings (SSSR count). The molecule has 108 valence electrons. The summed E-state index contributed by atoms with van der Waals surface area (Å²) < 4.78 is 10.2. The van der Waals surface area contributed by atoms with E-state index in [1.807, 2.05) is 13.0 Å². The SMILES string of the molecule is COc1cccc(C)c1C(=O)COC(=O)c1ccccc1. The standard InChI is InChI=1S/C17H16O4/c1-12-7-6-10-15(20-2)16(12)14(18)11-21-17(19)13-8-4-3-5-9-13/h3-10H,11H2,1-2H3. The quantitative estimate of drug-likeness (QED) is 0.625. The summed E-state index contributed by atoms with van der Waals surface area (Å²) in [7, 11) is 1.50. The Morgan fingerprint density at radius 3 is 2.38 bits per heavy atom. The molecule has 0 saturated heterocycles. The number of rotatable bonds is 5. The maximum absolute atomic E-state index is 12.2. The Morgan fingerprint density at radius 2 is 1.71 bits per heavy atom. The average Bonchev–Trinajstić information content (AvgIpc) is 2.52. The van der Waals surface area contributed by atoms with Crippen LogP contribution in [0.4, 0.5) is 0 Å². The van der Waals surface area contributed by atoms with E-state index in [4.69, 9.17) is 9.47 Å². The number of esters is 1. The number of carbonyl (C=O) groups excluding carboxylic acids is 2. The number of benzene rings is 2. The predicted molar refractivity (Wildman–Crippen MR) is 78.8 cm³/mol. The molecular weight excluding hydrogens is 268 g/mol. The Balaban J connectivity index is 2.08. The van der Waals surface area contributed by atoms with E-state index in [1.54, 1.807) is 42.5 Å². The average molecular weight is 284 g/mol. The number of carbonyl (C=O) groups is 2. The smallest absolute Gasteiger partial charge is 0.338 e. The lowest BCUT2D eigenvalue weighted by Gasteiger charge is -2.10. The minimum absolute atomic E-state index is 0.283. The summed E-state index contributed by atoms with van der Waals surface area (Å²) in [6, 6.07) is 13.9. The molecule has 0 saturated carbocycles. The minimum Gasteiger partial charge on any atom is -0.496 e. The first-order chi connectivity index (χ1) is 10.1. The molecular formula is C17H16O4. The lowest BCUT2D eigenvalue weighted by atomic mass is 10.0. The number of hydrogen-bond donors (Lipinski definition) is 0. The van der Waals surface area contributed by atoms with Gasteiger partial charge in [0.1, 0.15) is 5.75 Å². The van der Waals surface area contributed by atoms with Gasteiger partial charge in [-0.1, -0.05) is 30.3 Å². The van der Waals surface area contributed by atoms with Crippen LogP contribution in [0.2, 0.25) is 0 Å². The van der Waals surface area contributed by atoms with Crippen LogP contribution in [0.1, 0.15) is 26.3 Å². The molecule has 21 heavy (non-hydrogen) atoms. The number of Topliss-reactive ketones (excluding diaryl/α,β-unsaturated/α-hetero) is 1. The molecule has 0 unspecified atom stereocenters. The zero-order chi connectivity index (χ0) is 15.2. The minimum atomic E-state index is -0.517. The van der Waals surface area contributed by atoms with Gasteiger partial charge in [-0.2, -0.15) is 0 Å². The van der Waals surface area contributed by atoms with E-state index in [1.165, 1.54) is 7.11 Å². The van der Waals surface area contributed by atoms with Gasteiger partial charge in [0.2, 0.25) is 5.78 Å². The second-order valence-electron chi connectivity index (χ2n) is 4.52. The van der Waals surface area contributed by atoms with E-state index in [-0.39, 0.29) is 12.4 Å². The van der Waals surface area contributed by atoms with Gasteiger partial charge in [-0.25, -0.2) is 4.79 Å². The molecule has 0 fully saturated rings. The first kappa shape index (κ1) is 14.8. The predicted octanol–water partition coefficient (Wildman–Crippen LogP) is 3.04. The highest BCUT2D eigenvalue weighted by molar-refractivity contribution is 6.02. The molecule has 4 heteroatoms. The summed E-state index contributed by atoms with van der Waals surface area (Å²) >= 11 is 0. The van der Waals surface area contributed by atoms with Gasteiger partial charge in [-0.05, 0) is 30.7 Å². The summed E-state index contributed by atoms with van der Waals surface area (Å²) in [4.78, 5) is 24.0. The third-order valence-corrected chi connectivity index (χ3v) is 3.08. The molecule has 0 aliphatic carbocycles. The van der Waals surface area contributed by atoms with E-state index in [2.05, 4.69) is 0 Å². The highest BCUT2D eigenvalue weighted by atomic mass is 16.5. The molecule has 0 aliphatic rings. The fourth-order valence-corrected chi connectivity index (χ4v) is 2.03.